The molecule has 0 radical (unpaired) electrons. The first-order valence-electron chi connectivity index (χ1n) is 6.78. The Morgan fingerprint density at radius 3 is 2.37 bits per heavy atom. The van der Waals surface area contributed by atoms with Crippen molar-refractivity contribution < 1.29 is 13.9 Å². The Kier molecular flexibility index (Phi) is 4.21. The molecule has 0 aromatic heterocycles. The third kappa shape index (κ3) is 2.65. The molecule has 1 aromatic carbocycles. The smallest absolute Gasteiger partial charge is 0.129 e. The Balaban J connectivity index is 2.39. The van der Waals surface area contributed by atoms with E-state index in [1.165, 1.54) is 0 Å². The lowest BCUT2D eigenvalue weighted by molar-refractivity contribution is -0.0353. The van der Waals surface area contributed by atoms with Gasteiger partial charge in [0.25, 0.3) is 0 Å². The highest BCUT2D eigenvalue weighted by molar-refractivity contribution is 5.25. The number of hydrogen-bond donors (Lipinski definition) is 1. The molecule has 1 atom stereocenters. The van der Waals surface area contributed by atoms with E-state index in [1.54, 1.807) is 0 Å². The minimum Gasteiger partial charge on any atom is -0.386 e. The summed E-state index contributed by atoms with van der Waals surface area (Å²) >= 11 is 0. The molecule has 0 heterocycles. The van der Waals surface area contributed by atoms with Gasteiger partial charge in [-0.3, -0.25) is 0 Å². The predicted molar refractivity (Wildman–Crippen MR) is 70.8 cm³/mol. The summed E-state index contributed by atoms with van der Waals surface area (Å²) in [6.07, 6.45) is 3.75. The van der Waals surface area contributed by atoms with Crippen LogP contribution in [0.2, 0.25) is 0 Å². The number of aliphatic hydroxyl groups excluding tert-OH is 1. The second-order valence-corrected chi connectivity index (χ2v) is 5.63. The fourth-order valence-electron chi connectivity index (χ4n) is 3.14. The third-order valence-corrected chi connectivity index (χ3v) is 4.37. The van der Waals surface area contributed by atoms with Crippen molar-refractivity contribution in [3.63, 3.8) is 0 Å². The first kappa shape index (κ1) is 14.4. The number of aliphatic hydroxyl groups is 1. The molecule has 4 heteroatoms. The Morgan fingerprint density at radius 1 is 1.16 bits per heavy atom. The van der Waals surface area contributed by atoms with Crippen molar-refractivity contribution in [2.75, 3.05) is 14.1 Å². The van der Waals surface area contributed by atoms with Gasteiger partial charge < -0.3 is 10.0 Å². The predicted octanol–water partition coefficient (Wildman–Crippen LogP) is 3.26. The van der Waals surface area contributed by atoms with E-state index < -0.39 is 23.3 Å². The van der Waals surface area contributed by atoms with Crippen LogP contribution >= 0.6 is 0 Å². The van der Waals surface area contributed by atoms with Gasteiger partial charge in [-0.1, -0.05) is 19.3 Å². The van der Waals surface area contributed by atoms with Crippen LogP contribution in [-0.2, 0) is 0 Å². The van der Waals surface area contributed by atoms with E-state index in [2.05, 4.69) is 0 Å². The summed E-state index contributed by atoms with van der Waals surface area (Å²) in [5, 5.41) is 10.6. The maximum atomic E-state index is 13.9. The molecule has 0 bridgehead atoms. The maximum absolute atomic E-state index is 13.9. The van der Waals surface area contributed by atoms with Crippen LogP contribution in [0, 0.1) is 11.6 Å². The SMILES string of the molecule is CN(C)C1(C(O)c2cc(F)ccc2F)CCCCC1. The van der Waals surface area contributed by atoms with Crippen LogP contribution in [0.4, 0.5) is 8.78 Å². The average molecular weight is 269 g/mol. The molecule has 0 amide bonds. The van der Waals surface area contributed by atoms with E-state index in [1.807, 2.05) is 19.0 Å². The molecular weight excluding hydrogens is 248 g/mol. The van der Waals surface area contributed by atoms with Gasteiger partial charge in [0.05, 0.1) is 5.54 Å². The third-order valence-electron chi connectivity index (χ3n) is 4.37. The zero-order valence-electron chi connectivity index (χ0n) is 11.5. The van der Waals surface area contributed by atoms with Gasteiger partial charge in [-0.05, 0) is 45.1 Å². The first-order valence-corrected chi connectivity index (χ1v) is 6.78. The second-order valence-electron chi connectivity index (χ2n) is 5.63. The van der Waals surface area contributed by atoms with Crippen molar-refractivity contribution in [3.05, 3.63) is 35.4 Å². The monoisotopic (exact) mass is 269 g/mol. The molecule has 1 fully saturated rings. The van der Waals surface area contributed by atoms with Crippen molar-refractivity contribution in [2.24, 2.45) is 0 Å². The molecule has 1 unspecified atom stereocenters. The quantitative estimate of drug-likeness (QED) is 0.910. The van der Waals surface area contributed by atoms with E-state index >= 15 is 0 Å². The highest BCUT2D eigenvalue weighted by atomic mass is 19.1. The van der Waals surface area contributed by atoms with Crippen molar-refractivity contribution in [3.8, 4) is 0 Å². The molecule has 1 aliphatic rings. The van der Waals surface area contributed by atoms with Gasteiger partial charge in [0.15, 0.2) is 0 Å². The number of halogens is 2. The van der Waals surface area contributed by atoms with Gasteiger partial charge in [0.2, 0.25) is 0 Å². The molecule has 0 spiro atoms. The van der Waals surface area contributed by atoms with Crippen LogP contribution in [-0.4, -0.2) is 29.6 Å². The molecule has 1 saturated carbocycles. The van der Waals surface area contributed by atoms with Crippen molar-refractivity contribution >= 4 is 0 Å². The lowest BCUT2D eigenvalue weighted by Gasteiger charge is -2.46. The fourth-order valence-corrected chi connectivity index (χ4v) is 3.14. The molecule has 2 nitrogen and oxygen atoms in total. The number of nitrogens with zero attached hydrogens (tertiary/aromatic N) is 1. The topological polar surface area (TPSA) is 23.5 Å². The maximum Gasteiger partial charge on any atom is 0.129 e. The van der Waals surface area contributed by atoms with Crippen molar-refractivity contribution in [1.29, 1.82) is 0 Å². The molecule has 0 saturated heterocycles. The lowest BCUT2D eigenvalue weighted by Crippen LogP contribution is -2.50. The van der Waals surface area contributed by atoms with Crippen LogP contribution < -0.4 is 0 Å². The number of hydrogen-bond acceptors (Lipinski definition) is 2. The second kappa shape index (κ2) is 5.55. The summed E-state index contributed by atoms with van der Waals surface area (Å²) in [7, 11) is 3.79. The zero-order chi connectivity index (χ0) is 14.0. The zero-order valence-corrected chi connectivity index (χ0v) is 11.5. The minimum atomic E-state index is -1.00. The van der Waals surface area contributed by atoms with Gasteiger partial charge in [0, 0.05) is 5.56 Å². The van der Waals surface area contributed by atoms with E-state index in [9.17, 15) is 13.9 Å². The Bertz CT molecular complexity index is 442. The summed E-state index contributed by atoms with van der Waals surface area (Å²) in [6.45, 7) is 0. The summed E-state index contributed by atoms with van der Waals surface area (Å²) in [6, 6.07) is 3.27. The van der Waals surface area contributed by atoms with Gasteiger partial charge in [-0.25, -0.2) is 8.78 Å². The Labute approximate surface area is 113 Å². The van der Waals surface area contributed by atoms with Gasteiger partial charge >= 0.3 is 0 Å². The van der Waals surface area contributed by atoms with Crippen LogP contribution in [0.5, 0.6) is 0 Å². The standard InChI is InChI=1S/C15H21F2NO/c1-18(2)15(8-4-3-5-9-15)14(19)12-10-11(16)6-7-13(12)17/h6-7,10,14,19H,3-5,8-9H2,1-2H3. The van der Waals surface area contributed by atoms with E-state index in [0.717, 1.165) is 50.3 Å². The molecular formula is C15H21F2NO. The molecule has 19 heavy (non-hydrogen) atoms. The summed E-state index contributed by atoms with van der Waals surface area (Å²) in [5.74, 6) is -1.05. The summed E-state index contributed by atoms with van der Waals surface area (Å²) < 4.78 is 27.2. The number of likely N-dealkylation sites (N-methyl/N-ethyl adjacent to an activating group) is 1. The summed E-state index contributed by atoms with van der Waals surface area (Å²) in [5.41, 5.74) is -0.428. The normalized spacial score (nSPS) is 20.5. The average Bonchev–Trinajstić information content (AvgIpc) is 2.41. The lowest BCUT2D eigenvalue weighted by atomic mass is 9.74. The van der Waals surface area contributed by atoms with Crippen LogP contribution in [0.25, 0.3) is 0 Å². The van der Waals surface area contributed by atoms with Crippen LogP contribution in [0.15, 0.2) is 18.2 Å². The molecule has 1 aliphatic carbocycles. The van der Waals surface area contributed by atoms with Crippen LogP contribution in [0.1, 0.15) is 43.8 Å². The van der Waals surface area contributed by atoms with E-state index in [4.69, 9.17) is 0 Å². The van der Waals surface area contributed by atoms with Gasteiger partial charge in [-0.2, -0.15) is 0 Å². The molecule has 106 valence electrons. The number of rotatable bonds is 3. The molecule has 2 rings (SSSR count). The van der Waals surface area contributed by atoms with E-state index in [0.29, 0.717) is 0 Å². The molecule has 0 aliphatic heterocycles. The van der Waals surface area contributed by atoms with Crippen LogP contribution in [0.3, 0.4) is 0 Å². The first-order chi connectivity index (χ1) is 8.97. The highest BCUT2D eigenvalue weighted by Crippen LogP contribution is 2.42. The fraction of sp³-hybridized carbons (Fsp3) is 0.600. The highest BCUT2D eigenvalue weighted by Gasteiger charge is 2.42. The summed E-state index contributed by atoms with van der Waals surface area (Å²) in [4.78, 5) is 1.96. The Hall–Kier alpha value is -1.00. The van der Waals surface area contributed by atoms with Gasteiger partial charge in [-0.15, -0.1) is 0 Å². The molecule has 1 aromatic rings. The van der Waals surface area contributed by atoms with E-state index in [-0.39, 0.29) is 5.56 Å². The molecule has 1 N–H and O–H groups in total. The largest absolute Gasteiger partial charge is 0.386 e. The van der Waals surface area contributed by atoms with Gasteiger partial charge in [0.1, 0.15) is 17.7 Å². The Morgan fingerprint density at radius 2 is 1.79 bits per heavy atom. The van der Waals surface area contributed by atoms with Crippen molar-refractivity contribution in [2.45, 2.75) is 43.7 Å². The minimum absolute atomic E-state index is 0.0654. The number of benzene rings is 1. The van der Waals surface area contributed by atoms with Crippen molar-refractivity contribution in [1.82, 2.24) is 4.90 Å².